The lowest BCUT2D eigenvalue weighted by atomic mass is 10.1. The van der Waals surface area contributed by atoms with E-state index in [1.165, 1.54) is 12.1 Å². The topological polar surface area (TPSA) is 55.8 Å². The maximum Gasteiger partial charge on any atom is 0.338 e. The average molecular weight is 198 g/mol. The van der Waals surface area contributed by atoms with Gasteiger partial charge in [-0.3, -0.25) is 0 Å². The highest BCUT2D eigenvalue weighted by Gasteiger charge is 2.21. The molecule has 1 aliphatic heterocycles. The summed E-state index contributed by atoms with van der Waals surface area (Å²) >= 11 is 0. The summed E-state index contributed by atoms with van der Waals surface area (Å²) in [6.07, 6.45) is 0. The van der Waals surface area contributed by atoms with E-state index in [1.807, 2.05) is 0 Å². The summed E-state index contributed by atoms with van der Waals surface area (Å²) in [5.74, 6) is -1.73. The lowest BCUT2D eigenvalue weighted by Gasteiger charge is -2.18. The first-order valence-corrected chi connectivity index (χ1v) is 3.95. The lowest BCUT2D eigenvalue weighted by molar-refractivity contribution is -0.0183. The van der Waals surface area contributed by atoms with Crippen LogP contribution in [0.5, 0.6) is 5.75 Å². The Bertz CT molecular complexity index is 389. The Kier molecular flexibility index (Phi) is 2.09. The molecular formula is C9H7FO4. The van der Waals surface area contributed by atoms with Crippen molar-refractivity contribution < 1.29 is 23.8 Å². The highest BCUT2D eigenvalue weighted by molar-refractivity contribution is 5.88. The second kappa shape index (κ2) is 3.26. The van der Waals surface area contributed by atoms with Crippen molar-refractivity contribution in [3.8, 4) is 5.75 Å². The Labute approximate surface area is 78.9 Å². The normalized spacial score (nSPS) is 14.4. The lowest BCUT2D eigenvalue weighted by Crippen LogP contribution is -2.15. The number of carboxylic acids is 1. The zero-order valence-corrected chi connectivity index (χ0v) is 7.12. The number of hydrogen-bond donors (Lipinski definition) is 1. The summed E-state index contributed by atoms with van der Waals surface area (Å²) in [7, 11) is 0. The van der Waals surface area contributed by atoms with Gasteiger partial charge in [0.05, 0.1) is 17.7 Å². The minimum absolute atomic E-state index is 0.0439. The molecule has 5 heteroatoms. The van der Waals surface area contributed by atoms with Crippen LogP contribution in [-0.2, 0) is 11.3 Å². The van der Waals surface area contributed by atoms with Crippen LogP contribution in [0.25, 0.3) is 0 Å². The second-order valence-corrected chi connectivity index (χ2v) is 2.82. The van der Waals surface area contributed by atoms with Crippen molar-refractivity contribution >= 4 is 5.97 Å². The molecule has 4 nitrogen and oxygen atoms in total. The summed E-state index contributed by atoms with van der Waals surface area (Å²) in [5, 5.41) is 8.65. The number of ether oxygens (including phenoxy) is 2. The molecule has 0 fully saturated rings. The van der Waals surface area contributed by atoms with E-state index in [2.05, 4.69) is 0 Å². The Hall–Kier alpha value is -1.62. The number of fused-ring (bicyclic) bond motifs is 1. The van der Waals surface area contributed by atoms with Crippen molar-refractivity contribution in [2.24, 2.45) is 0 Å². The Morgan fingerprint density at radius 1 is 1.50 bits per heavy atom. The predicted molar refractivity (Wildman–Crippen MR) is 43.6 cm³/mol. The fourth-order valence-electron chi connectivity index (χ4n) is 1.29. The number of carboxylic acid groups (broad SMARTS) is 1. The summed E-state index contributed by atoms with van der Waals surface area (Å²) < 4.78 is 23.3. The van der Waals surface area contributed by atoms with E-state index >= 15 is 0 Å². The fraction of sp³-hybridized carbons (Fsp3) is 0.222. The standard InChI is InChI=1S/C9H7FO4/c10-8-5(9(11)12)1-2-7-6(8)3-13-4-14-7/h1-2H,3-4H2,(H,11,12). The van der Waals surface area contributed by atoms with Crippen molar-refractivity contribution in [2.75, 3.05) is 6.79 Å². The van der Waals surface area contributed by atoms with Crippen molar-refractivity contribution in [3.63, 3.8) is 0 Å². The molecule has 1 aromatic rings. The molecule has 1 heterocycles. The molecule has 0 saturated heterocycles. The van der Waals surface area contributed by atoms with E-state index in [0.717, 1.165) is 0 Å². The Morgan fingerprint density at radius 3 is 3.00 bits per heavy atom. The molecule has 74 valence electrons. The number of benzene rings is 1. The van der Waals surface area contributed by atoms with Gasteiger partial charge < -0.3 is 14.6 Å². The van der Waals surface area contributed by atoms with Crippen LogP contribution in [-0.4, -0.2) is 17.9 Å². The van der Waals surface area contributed by atoms with E-state index in [0.29, 0.717) is 5.75 Å². The van der Waals surface area contributed by atoms with Crippen LogP contribution in [0.2, 0.25) is 0 Å². The van der Waals surface area contributed by atoms with Gasteiger partial charge >= 0.3 is 5.97 Å². The third kappa shape index (κ3) is 1.31. The van der Waals surface area contributed by atoms with Gasteiger partial charge in [0.1, 0.15) is 11.6 Å². The third-order valence-electron chi connectivity index (χ3n) is 1.97. The molecule has 0 bridgehead atoms. The summed E-state index contributed by atoms with van der Waals surface area (Å²) in [5.41, 5.74) is -0.200. The molecule has 0 saturated carbocycles. The van der Waals surface area contributed by atoms with Gasteiger partial charge in [-0.15, -0.1) is 0 Å². The molecule has 0 amide bonds. The van der Waals surface area contributed by atoms with Gasteiger partial charge in [0.2, 0.25) is 0 Å². The molecule has 0 aromatic heterocycles. The molecule has 0 atom stereocenters. The van der Waals surface area contributed by atoms with Gasteiger partial charge in [-0.05, 0) is 12.1 Å². The highest BCUT2D eigenvalue weighted by Crippen LogP contribution is 2.28. The van der Waals surface area contributed by atoms with Gasteiger partial charge in [0.25, 0.3) is 0 Å². The predicted octanol–water partition coefficient (Wildman–Crippen LogP) is 1.39. The van der Waals surface area contributed by atoms with Crippen LogP contribution in [0.3, 0.4) is 0 Å². The maximum atomic E-state index is 13.5. The maximum absolute atomic E-state index is 13.5. The number of rotatable bonds is 1. The zero-order valence-electron chi connectivity index (χ0n) is 7.12. The molecule has 0 radical (unpaired) electrons. The molecule has 1 N–H and O–H groups in total. The quantitative estimate of drug-likeness (QED) is 0.740. The monoisotopic (exact) mass is 198 g/mol. The molecular weight excluding hydrogens is 191 g/mol. The van der Waals surface area contributed by atoms with Crippen molar-refractivity contribution in [2.45, 2.75) is 6.61 Å². The van der Waals surface area contributed by atoms with Crippen LogP contribution in [0.15, 0.2) is 12.1 Å². The molecule has 2 rings (SSSR count). The van der Waals surface area contributed by atoms with Crippen molar-refractivity contribution in [1.29, 1.82) is 0 Å². The first-order valence-electron chi connectivity index (χ1n) is 3.95. The van der Waals surface area contributed by atoms with Gasteiger partial charge in [-0.2, -0.15) is 0 Å². The zero-order chi connectivity index (χ0) is 10.1. The number of halogens is 1. The van der Waals surface area contributed by atoms with Crippen molar-refractivity contribution in [1.82, 2.24) is 0 Å². The van der Waals surface area contributed by atoms with Crippen LogP contribution in [0, 0.1) is 5.82 Å². The smallest absolute Gasteiger partial charge is 0.338 e. The molecule has 0 spiro atoms. The molecule has 1 aliphatic rings. The SMILES string of the molecule is O=C(O)c1ccc2c(c1F)COCO2. The minimum Gasteiger partial charge on any atom is -0.478 e. The summed E-state index contributed by atoms with van der Waals surface area (Å²) in [4.78, 5) is 10.6. The van der Waals surface area contributed by atoms with E-state index < -0.39 is 11.8 Å². The van der Waals surface area contributed by atoms with Crippen LogP contribution in [0.4, 0.5) is 4.39 Å². The number of hydrogen-bond acceptors (Lipinski definition) is 3. The van der Waals surface area contributed by atoms with Crippen molar-refractivity contribution in [3.05, 3.63) is 29.1 Å². The largest absolute Gasteiger partial charge is 0.478 e. The van der Waals surface area contributed by atoms with Crippen LogP contribution >= 0.6 is 0 Å². The summed E-state index contributed by atoms with van der Waals surface area (Å²) in [6.45, 7) is 0.112. The minimum atomic E-state index is -1.30. The summed E-state index contributed by atoms with van der Waals surface area (Å²) in [6, 6.07) is 2.62. The molecule has 1 aromatic carbocycles. The van der Waals surface area contributed by atoms with E-state index in [4.69, 9.17) is 14.6 Å². The molecule has 0 aliphatic carbocycles. The average Bonchev–Trinajstić information content (AvgIpc) is 2.18. The Balaban J connectivity index is 2.54. The first kappa shape index (κ1) is 8.96. The number of carbonyl (C=O) groups is 1. The highest BCUT2D eigenvalue weighted by atomic mass is 19.1. The molecule has 0 unspecified atom stereocenters. The fourth-order valence-corrected chi connectivity index (χ4v) is 1.29. The van der Waals surface area contributed by atoms with Gasteiger partial charge in [-0.1, -0.05) is 0 Å². The van der Waals surface area contributed by atoms with Crippen LogP contribution < -0.4 is 4.74 Å². The Morgan fingerprint density at radius 2 is 2.29 bits per heavy atom. The third-order valence-corrected chi connectivity index (χ3v) is 1.97. The van der Waals surface area contributed by atoms with E-state index in [1.54, 1.807) is 0 Å². The molecule has 14 heavy (non-hydrogen) atoms. The van der Waals surface area contributed by atoms with Gasteiger partial charge in [0.15, 0.2) is 6.79 Å². The van der Waals surface area contributed by atoms with E-state index in [-0.39, 0.29) is 24.5 Å². The first-order chi connectivity index (χ1) is 6.70. The van der Waals surface area contributed by atoms with E-state index in [9.17, 15) is 9.18 Å². The van der Waals surface area contributed by atoms with Gasteiger partial charge in [-0.25, -0.2) is 9.18 Å². The second-order valence-electron chi connectivity index (χ2n) is 2.82. The van der Waals surface area contributed by atoms with Gasteiger partial charge in [0, 0.05) is 0 Å². The number of aromatic carboxylic acids is 1. The van der Waals surface area contributed by atoms with Crippen LogP contribution in [0.1, 0.15) is 15.9 Å².